The molecule has 0 radical (unpaired) electrons. The van der Waals surface area contributed by atoms with Crippen molar-refractivity contribution in [1.29, 1.82) is 0 Å². The van der Waals surface area contributed by atoms with Crippen molar-refractivity contribution in [2.24, 2.45) is 5.92 Å². The fraction of sp³-hybridized carbons (Fsp3) is 0.390. The highest BCUT2D eigenvalue weighted by molar-refractivity contribution is 6.01. The summed E-state index contributed by atoms with van der Waals surface area (Å²) in [5.41, 5.74) is 7.67. The Hall–Kier alpha value is -4.53. The van der Waals surface area contributed by atoms with E-state index in [9.17, 15) is 4.79 Å². The van der Waals surface area contributed by atoms with Crippen molar-refractivity contribution >= 4 is 5.78 Å². The molecular formula is C41H44N2O6. The second kappa shape index (κ2) is 12.7. The Morgan fingerprint density at radius 3 is 2.10 bits per heavy atom. The van der Waals surface area contributed by atoms with Crippen LogP contribution in [-0.2, 0) is 25.7 Å². The van der Waals surface area contributed by atoms with Crippen molar-refractivity contribution < 1.29 is 28.5 Å². The molecule has 5 aliphatic rings. The first-order valence-electron chi connectivity index (χ1n) is 17.4. The average Bonchev–Trinajstić information content (AvgIpc) is 3.96. The zero-order valence-electron chi connectivity index (χ0n) is 29.0. The van der Waals surface area contributed by atoms with Gasteiger partial charge in [0.1, 0.15) is 11.5 Å². The first kappa shape index (κ1) is 31.7. The van der Waals surface area contributed by atoms with Gasteiger partial charge in [0.2, 0.25) is 5.75 Å². The number of hydrogen-bond acceptors (Lipinski definition) is 8. The number of ether oxygens (including phenoxy) is 5. The minimum atomic E-state index is 0.0196. The summed E-state index contributed by atoms with van der Waals surface area (Å²) < 4.78 is 31.5. The normalized spacial score (nSPS) is 20.3. The molecule has 0 N–H and O–H groups in total. The molecule has 6 bridgehead atoms. The Morgan fingerprint density at radius 2 is 1.39 bits per heavy atom. The lowest BCUT2D eigenvalue weighted by Crippen LogP contribution is -2.34. The number of ketones is 1. The Bertz CT molecular complexity index is 1920. The van der Waals surface area contributed by atoms with Crippen LogP contribution >= 0.6 is 0 Å². The number of rotatable bonds is 5. The second-order valence-electron chi connectivity index (χ2n) is 13.9. The van der Waals surface area contributed by atoms with E-state index in [-0.39, 0.29) is 23.8 Å². The van der Waals surface area contributed by atoms with Crippen LogP contribution in [0.1, 0.15) is 68.7 Å². The summed E-state index contributed by atoms with van der Waals surface area (Å²) >= 11 is 0. The van der Waals surface area contributed by atoms with Crippen molar-refractivity contribution in [1.82, 2.24) is 9.80 Å². The van der Waals surface area contributed by atoms with E-state index < -0.39 is 0 Å². The number of Topliss-reactive ketones (excluding diaryl/α,β-unsaturated/α-hetero) is 1. The van der Waals surface area contributed by atoms with Crippen LogP contribution in [0.3, 0.4) is 0 Å². The lowest BCUT2D eigenvalue weighted by molar-refractivity contribution is 0.0965. The summed E-state index contributed by atoms with van der Waals surface area (Å²) in [4.78, 5) is 18.2. The topological polar surface area (TPSA) is 69.7 Å². The molecule has 1 aliphatic carbocycles. The standard InChI is InChI=1S/C41H44N2O6/c1-42-16-14-27-21-35(45-3)36-23-31(27)32(42)19-25-8-13-30(39(44)26-9-10-26)34(20-25)48-29-11-6-24(7-12-29)18-33-38-28(15-17-43(33)2)22-37(46-4)40(47-5)41(38)49-36/h6-8,11-13,20-23,26,32-33H,9-10,14-19H2,1-5H3/t32-,33+/m1/s1. The summed E-state index contributed by atoms with van der Waals surface area (Å²) in [6, 6.07) is 20.9. The van der Waals surface area contributed by atoms with Crippen molar-refractivity contribution in [2.75, 3.05) is 48.5 Å². The molecule has 4 aromatic carbocycles. The fourth-order valence-corrected chi connectivity index (χ4v) is 7.89. The van der Waals surface area contributed by atoms with E-state index in [1.165, 1.54) is 22.3 Å². The maximum absolute atomic E-state index is 13.4. The van der Waals surface area contributed by atoms with Crippen LogP contribution in [0.2, 0.25) is 0 Å². The predicted molar refractivity (Wildman–Crippen MR) is 188 cm³/mol. The number of likely N-dealkylation sites (N-methyl/N-ethyl adjacent to an activating group) is 2. The highest BCUT2D eigenvalue weighted by atomic mass is 16.5. The zero-order valence-corrected chi connectivity index (χ0v) is 29.0. The number of fused-ring (bicyclic) bond motifs is 2. The van der Waals surface area contributed by atoms with E-state index >= 15 is 0 Å². The molecule has 0 saturated heterocycles. The van der Waals surface area contributed by atoms with Crippen LogP contribution in [0.25, 0.3) is 0 Å². The van der Waals surface area contributed by atoms with Gasteiger partial charge in [-0.15, -0.1) is 0 Å². The van der Waals surface area contributed by atoms with Crippen molar-refractivity contribution in [2.45, 2.75) is 50.6 Å². The van der Waals surface area contributed by atoms with Crippen molar-refractivity contribution in [3.05, 3.63) is 99.6 Å². The first-order chi connectivity index (χ1) is 23.8. The lowest BCUT2D eigenvalue weighted by atomic mass is 9.87. The summed E-state index contributed by atoms with van der Waals surface area (Å²) in [6.45, 7) is 1.82. The number of carbonyl (C=O) groups is 1. The van der Waals surface area contributed by atoms with Gasteiger partial charge in [0.15, 0.2) is 28.8 Å². The predicted octanol–water partition coefficient (Wildman–Crippen LogP) is 7.75. The summed E-state index contributed by atoms with van der Waals surface area (Å²) in [5.74, 6) is 4.84. The van der Waals surface area contributed by atoms with Gasteiger partial charge in [0.25, 0.3) is 0 Å². The SMILES string of the molecule is COc1cc2c3cc1Oc1c(OC)c(OC)cc4c1[C@H](Cc1ccc(cc1)Oc1cc(ccc1C(=O)C1CC1)C[C@H]3N(C)CC2)N(C)CC4. The molecule has 4 aliphatic heterocycles. The third-order valence-corrected chi connectivity index (χ3v) is 10.9. The number of carbonyl (C=O) groups excluding carboxylic acids is 1. The van der Waals surface area contributed by atoms with Crippen LogP contribution < -0.4 is 23.7 Å². The van der Waals surface area contributed by atoms with Crippen LogP contribution in [0.15, 0.2) is 60.7 Å². The molecular weight excluding hydrogens is 616 g/mol. The maximum atomic E-state index is 13.4. The highest BCUT2D eigenvalue weighted by Crippen LogP contribution is 2.52. The fourth-order valence-electron chi connectivity index (χ4n) is 7.89. The number of nitrogens with zero attached hydrogens (tertiary/aromatic N) is 2. The molecule has 9 rings (SSSR count). The summed E-state index contributed by atoms with van der Waals surface area (Å²) in [5, 5.41) is 0. The molecule has 8 heteroatoms. The quantitative estimate of drug-likeness (QED) is 0.202. The van der Waals surface area contributed by atoms with E-state index in [2.05, 4.69) is 66.4 Å². The monoisotopic (exact) mass is 660 g/mol. The van der Waals surface area contributed by atoms with Gasteiger partial charge in [-0.05, 0) is 123 Å². The van der Waals surface area contributed by atoms with E-state index in [0.717, 1.165) is 68.5 Å². The minimum Gasteiger partial charge on any atom is -0.493 e. The molecule has 1 saturated carbocycles. The van der Waals surface area contributed by atoms with Gasteiger partial charge in [-0.25, -0.2) is 0 Å². The third kappa shape index (κ3) is 5.81. The molecule has 0 spiro atoms. The molecule has 254 valence electrons. The Balaban J connectivity index is 1.33. The average molecular weight is 661 g/mol. The largest absolute Gasteiger partial charge is 0.493 e. The van der Waals surface area contributed by atoms with Gasteiger partial charge in [-0.3, -0.25) is 14.6 Å². The van der Waals surface area contributed by atoms with E-state index in [0.29, 0.717) is 40.1 Å². The number of hydrogen-bond donors (Lipinski definition) is 0. The van der Waals surface area contributed by atoms with Gasteiger partial charge in [0, 0.05) is 36.7 Å². The summed E-state index contributed by atoms with van der Waals surface area (Å²) in [6.07, 6.45) is 5.16. The number of benzene rings is 4. The molecule has 2 atom stereocenters. The number of methoxy groups -OCH3 is 3. The Labute approximate surface area is 288 Å². The summed E-state index contributed by atoms with van der Waals surface area (Å²) in [7, 11) is 9.39. The molecule has 4 heterocycles. The smallest absolute Gasteiger partial charge is 0.204 e. The lowest BCUT2D eigenvalue weighted by Gasteiger charge is -2.37. The van der Waals surface area contributed by atoms with Gasteiger partial charge >= 0.3 is 0 Å². The van der Waals surface area contributed by atoms with Crippen LogP contribution in [0, 0.1) is 5.92 Å². The highest BCUT2D eigenvalue weighted by Gasteiger charge is 2.35. The Morgan fingerprint density at radius 1 is 0.714 bits per heavy atom. The van der Waals surface area contributed by atoms with Crippen LogP contribution in [0.5, 0.6) is 40.2 Å². The molecule has 4 aromatic rings. The van der Waals surface area contributed by atoms with Crippen LogP contribution in [0.4, 0.5) is 0 Å². The van der Waals surface area contributed by atoms with Gasteiger partial charge in [-0.2, -0.15) is 0 Å². The van der Waals surface area contributed by atoms with Crippen molar-refractivity contribution in [3.63, 3.8) is 0 Å². The molecule has 49 heavy (non-hydrogen) atoms. The van der Waals surface area contributed by atoms with E-state index in [1.54, 1.807) is 21.3 Å². The van der Waals surface area contributed by atoms with E-state index in [1.807, 2.05) is 18.2 Å². The van der Waals surface area contributed by atoms with Gasteiger partial charge < -0.3 is 23.7 Å². The van der Waals surface area contributed by atoms with Gasteiger partial charge in [0.05, 0.1) is 26.9 Å². The Kier molecular flexibility index (Phi) is 8.24. The van der Waals surface area contributed by atoms with Gasteiger partial charge in [-0.1, -0.05) is 18.2 Å². The van der Waals surface area contributed by atoms with E-state index in [4.69, 9.17) is 23.7 Å². The molecule has 8 nitrogen and oxygen atoms in total. The second-order valence-corrected chi connectivity index (χ2v) is 13.9. The molecule has 0 aromatic heterocycles. The maximum Gasteiger partial charge on any atom is 0.204 e. The molecule has 0 unspecified atom stereocenters. The zero-order chi connectivity index (χ0) is 33.8. The molecule has 1 fully saturated rings. The minimum absolute atomic E-state index is 0.0196. The molecule has 0 amide bonds. The third-order valence-electron chi connectivity index (χ3n) is 10.9. The first-order valence-corrected chi connectivity index (χ1v) is 17.4. The van der Waals surface area contributed by atoms with Crippen LogP contribution in [-0.4, -0.2) is 64.1 Å². The van der Waals surface area contributed by atoms with Crippen molar-refractivity contribution in [3.8, 4) is 40.2 Å².